The quantitative estimate of drug-likeness (QED) is 0.0983. The summed E-state index contributed by atoms with van der Waals surface area (Å²) in [6, 6.07) is 1.03. The van der Waals surface area contributed by atoms with Crippen LogP contribution in [0.15, 0.2) is 17.3 Å². The fourth-order valence-electron chi connectivity index (χ4n) is 2.66. The van der Waals surface area contributed by atoms with Crippen molar-refractivity contribution in [3.63, 3.8) is 0 Å². The van der Waals surface area contributed by atoms with E-state index in [-0.39, 0.29) is 6.04 Å². The number of unbranched alkanes of at least 4 members (excludes halogenated alkanes) is 2. The highest BCUT2D eigenvalue weighted by Crippen LogP contribution is 2.22. The van der Waals surface area contributed by atoms with Gasteiger partial charge in [0.25, 0.3) is 0 Å². The van der Waals surface area contributed by atoms with Gasteiger partial charge in [0.05, 0.1) is 0 Å². The first-order valence-electron chi connectivity index (χ1n) is 8.51. The normalized spacial score (nSPS) is 12.5. The Morgan fingerprint density at radius 1 is 1.23 bits per heavy atom. The molecule has 126 valence electrons. The summed E-state index contributed by atoms with van der Waals surface area (Å²) in [5.74, 6) is 0.342. The third-order valence-electron chi connectivity index (χ3n) is 3.57. The highest BCUT2D eigenvalue weighted by molar-refractivity contribution is 6.76. The zero-order chi connectivity index (χ0) is 17.0. The van der Waals surface area contributed by atoms with E-state index in [1.807, 2.05) is 0 Å². The van der Waals surface area contributed by atoms with Crippen LogP contribution < -0.4 is 0 Å². The molecule has 0 aromatic rings. The average molecular weight is 324 g/mol. The third-order valence-corrected chi connectivity index (χ3v) is 5.13. The van der Waals surface area contributed by atoms with Crippen molar-refractivity contribution in [1.29, 1.82) is 0 Å². The molecule has 0 aromatic carbocycles. The maximum Gasteiger partial charge on any atom is 0.132 e. The number of hydrogen-bond acceptors (Lipinski definition) is 2. The predicted molar refractivity (Wildman–Crippen MR) is 97.8 cm³/mol. The summed E-state index contributed by atoms with van der Waals surface area (Å²) in [7, 11) is -1.17. The van der Waals surface area contributed by atoms with Crippen molar-refractivity contribution in [3.8, 4) is 0 Å². The zero-order valence-electron chi connectivity index (χ0n) is 14.9. The van der Waals surface area contributed by atoms with Crippen molar-refractivity contribution in [1.82, 2.24) is 0 Å². The molecule has 0 amide bonds. The van der Waals surface area contributed by atoms with E-state index in [9.17, 15) is 4.79 Å². The van der Waals surface area contributed by atoms with E-state index in [0.717, 1.165) is 44.6 Å². The van der Waals surface area contributed by atoms with Crippen LogP contribution in [0.2, 0.25) is 25.7 Å². The smallest absolute Gasteiger partial charge is 0.132 e. The van der Waals surface area contributed by atoms with Crippen molar-refractivity contribution in [2.45, 2.75) is 90.0 Å². The van der Waals surface area contributed by atoms with Crippen LogP contribution in [0.3, 0.4) is 0 Å². The molecule has 0 radical (unpaired) electrons. The van der Waals surface area contributed by atoms with Crippen LogP contribution in [0.25, 0.3) is 10.4 Å². The summed E-state index contributed by atoms with van der Waals surface area (Å²) in [6.45, 7) is 13.2. The first-order chi connectivity index (χ1) is 10.3. The molecule has 5 heteroatoms. The highest BCUT2D eigenvalue weighted by Gasteiger charge is 2.17. The van der Waals surface area contributed by atoms with Gasteiger partial charge in [-0.25, -0.2) is 0 Å². The van der Waals surface area contributed by atoms with Crippen molar-refractivity contribution >= 4 is 13.9 Å². The number of ketones is 1. The molecule has 0 spiro atoms. The van der Waals surface area contributed by atoms with Crippen molar-refractivity contribution in [2.75, 3.05) is 0 Å². The van der Waals surface area contributed by atoms with E-state index in [1.165, 1.54) is 5.57 Å². The monoisotopic (exact) mass is 323 g/mol. The van der Waals surface area contributed by atoms with Crippen LogP contribution in [0.5, 0.6) is 0 Å². The van der Waals surface area contributed by atoms with E-state index in [2.05, 4.69) is 43.2 Å². The highest BCUT2D eigenvalue weighted by atomic mass is 28.3. The van der Waals surface area contributed by atoms with Gasteiger partial charge in [-0.2, -0.15) is 0 Å². The van der Waals surface area contributed by atoms with Gasteiger partial charge in [0, 0.05) is 31.9 Å². The third kappa shape index (κ3) is 12.7. The van der Waals surface area contributed by atoms with E-state index < -0.39 is 8.07 Å². The zero-order valence-corrected chi connectivity index (χ0v) is 15.9. The first-order valence-corrected chi connectivity index (χ1v) is 12.2. The molecule has 22 heavy (non-hydrogen) atoms. The Bertz CT molecular complexity index is 395. The number of azide groups is 1. The SMILES string of the molecule is C=C(C[C@H](CCCC(=O)CCCCC)N=[N+]=[N-])C[Si](C)(C)C. The van der Waals surface area contributed by atoms with Crippen LogP contribution >= 0.6 is 0 Å². The molecule has 0 bridgehead atoms. The van der Waals surface area contributed by atoms with Gasteiger partial charge < -0.3 is 0 Å². The minimum Gasteiger partial charge on any atom is -0.300 e. The lowest BCUT2D eigenvalue weighted by atomic mass is 10.0. The molecule has 0 aliphatic heterocycles. The summed E-state index contributed by atoms with van der Waals surface area (Å²) in [4.78, 5) is 14.7. The minimum atomic E-state index is -1.17. The van der Waals surface area contributed by atoms with Gasteiger partial charge in [0.1, 0.15) is 5.78 Å². The summed E-state index contributed by atoms with van der Waals surface area (Å²) >= 11 is 0. The molecular formula is C17H33N3OSi. The number of carbonyl (C=O) groups is 1. The maximum atomic E-state index is 11.8. The second-order valence-corrected chi connectivity index (χ2v) is 12.9. The van der Waals surface area contributed by atoms with Gasteiger partial charge in [0.15, 0.2) is 0 Å². The van der Waals surface area contributed by atoms with Gasteiger partial charge in [-0.3, -0.25) is 4.79 Å². The standard InChI is InChI=1S/C17H33N3OSi/c1-6-7-8-11-17(21)12-9-10-16(19-20-18)13-15(2)14-22(3,4)5/h16H,2,6-14H2,1,3-5H3/t16-/m0/s1. The second kappa shape index (κ2) is 11.5. The van der Waals surface area contributed by atoms with Gasteiger partial charge in [0.2, 0.25) is 0 Å². The van der Waals surface area contributed by atoms with E-state index in [4.69, 9.17) is 5.53 Å². The maximum absolute atomic E-state index is 11.8. The molecule has 0 N–H and O–H groups in total. The molecule has 0 saturated carbocycles. The Morgan fingerprint density at radius 3 is 2.41 bits per heavy atom. The average Bonchev–Trinajstić information content (AvgIpc) is 2.36. The predicted octanol–water partition coefficient (Wildman–Crippen LogP) is 6.27. The number of carbonyl (C=O) groups excluding carboxylic acids is 1. The summed E-state index contributed by atoms with van der Waals surface area (Å²) < 4.78 is 0. The lowest BCUT2D eigenvalue weighted by Crippen LogP contribution is -2.21. The number of nitrogens with zero attached hydrogens (tertiary/aromatic N) is 3. The Kier molecular flexibility index (Phi) is 10.9. The molecule has 1 atom stereocenters. The fourth-order valence-corrected chi connectivity index (χ4v) is 4.31. The van der Waals surface area contributed by atoms with Crippen LogP contribution in [0.1, 0.15) is 58.3 Å². The molecule has 0 unspecified atom stereocenters. The Hall–Kier alpha value is -1.06. The Morgan fingerprint density at radius 2 is 1.86 bits per heavy atom. The van der Waals surface area contributed by atoms with E-state index in [0.29, 0.717) is 18.6 Å². The van der Waals surface area contributed by atoms with Gasteiger partial charge in [-0.05, 0) is 37.3 Å². The largest absolute Gasteiger partial charge is 0.300 e. The fraction of sp³-hybridized carbons (Fsp3) is 0.824. The van der Waals surface area contributed by atoms with Crippen molar-refractivity contribution in [3.05, 3.63) is 22.6 Å². The Labute approximate surface area is 137 Å². The molecule has 0 aliphatic carbocycles. The topological polar surface area (TPSA) is 65.8 Å². The molecule has 0 aliphatic rings. The lowest BCUT2D eigenvalue weighted by Gasteiger charge is -2.19. The number of rotatable bonds is 13. The molecule has 0 saturated heterocycles. The molecule has 0 rings (SSSR count). The second-order valence-electron chi connectivity index (χ2n) is 7.44. The molecular weight excluding hydrogens is 290 g/mol. The summed E-state index contributed by atoms with van der Waals surface area (Å²) in [5.41, 5.74) is 9.89. The van der Waals surface area contributed by atoms with Crippen LogP contribution in [0.4, 0.5) is 0 Å². The van der Waals surface area contributed by atoms with Crippen LogP contribution in [0, 0.1) is 0 Å². The van der Waals surface area contributed by atoms with Crippen LogP contribution in [-0.4, -0.2) is 19.9 Å². The summed E-state index contributed by atoms with van der Waals surface area (Å²) in [6.07, 6.45) is 6.95. The van der Waals surface area contributed by atoms with Gasteiger partial charge in [-0.15, -0.1) is 6.58 Å². The number of hydrogen-bond donors (Lipinski definition) is 0. The molecule has 0 aromatic heterocycles. The lowest BCUT2D eigenvalue weighted by molar-refractivity contribution is -0.119. The molecule has 0 fully saturated rings. The van der Waals surface area contributed by atoms with Crippen LogP contribution in [-0.2, 0) is 4.79 Å². The van der Waals surface area contributed by atoms with Crippen molar-refractivity contribution < 1.29 is 4.79 Å². The Balaban J connectivity index is 4.12. The van der Waals surface area contributed by atoms with Crippen molar-refractivity contribution in [2.24, 2.45) is 5.11 Å². The molecule has 4 nitrogen and oxygen atoms in total. The molecule has 0 heterocycles. The van der Waals surface area contributed by atoms with Gasteiger partial charge >= 0.3 is 0 Å². The first kappa shape index (κ1) is 20.9. The van der Waals surface area contributed by atoms with E-state index in [1.54, 1.807) is 0 Å². The summed E-state index contributed by atoms with van der Waals surface area (Å²) in [5, 5.41) is 3.89. The minimum absolute atomic E-state index is 0.0442. The van der Waals surface area contributed by atoms with E-state index >= 15 is 0 Å². The number of Topliss-reactive ketones (excluding diaryl/α,β-unsaturated/α-hetero) is 1. The van der Waals surface area contributed by atoms with Gasteiger partial charge in [-0.1, -0.05) is 50.1 Å².